The molecule has 1 aliphatic heterocycles. The highest BCUT2D eigenvalue weighted by Crippen LogP contribution is 2.43. The van der Waals surface area contributed by atoms with Crippen LogP contribution in [0.4, 0.5) is 0 Å². The Labute approximate surface area is 121 Å². The first kappa shape index (κ1) is 14.3. The number of ether oxygens (including phenoxy) is 1. The van der Waals surface area contributed by atoms with Gasteiger partial charge in [-0.1, -0.05) is 12.8 Å². The van der Waals surface area contributed by atoms with Gasteiger partial charge in [-0.25, -0.2) is 0 Å². The third-order valence-corrected chi connectivity index (χ3v) is 5.56. The summed E-state index contributed by atoms with van der Waals surface area (Å²) in [4.78, 5) is 10.9. The average Bonchev–Trinajstić information content (AvgIpc) is 3.08. The minimum absolute atomic E-state index is 0.113. The van der Waals surface area contributed by atoms with Crippen molar-refractivity contribution in [3.05, 3.63) is 0 Å². The molecule has 1 atom stereocenters. The Morgan fingerprint density at radius 1 is 1.10 bits per heavy atom. The molecule has 3 rings (SSSR count). The fourth-order valence-electron chi connectivity index (χ4n) is 4.27. The summed E-state index contributed by atoms with van der Waals surface area (Å²) in [7, 11) is 0. The summed E-state index contributed by atoms with van der Waals surface area (Å²) in [5, 5.41) is 12.6. The molecule has 0 aromatic carbocycles. The predicted molar refractivity (Wildman–Crippen MR) is 76.7 cm³/mol. The average molecular weight is 281 g/mol. The molecule has 114 valence electrons. The molecule has 1 unspecified atom stereocenters. The first-order chi connectivity index (χ1) is 9.67. The number of rotatable bonds is 4. The molecule has 2 aliphatic carbocycles. The number of carboxylic acids is 1. The number of carbonyl (C=O) groups is 1. The van der Waals surface area contributed by atoms with Crippen LogP contribution < -0.4 is 5.32 Å². The SMILES string of the molecule is O=C(O)C1CCC(NCC2CCC3(CCCC3)O2)CC1. The fourth-order valence-corrected chi connectivity index (χ4v) is 4.27. The van der Waals surface area contributed by atoms with Crippen LogP contribution in [0.2, 0.25) is 0 Å². The molecule has 1 saturated heterocycles. The zero-order valence-corrected chi connectivity index (χ0v) is 12.3. The highest BCUT2D eigenvalue weighted by molar-refractivity contribution is 5.70. The maximum absolute atomic E-state index is 10.9. The van der Waals surface area contributed by atoms with Crippen molar-refractivity contribution >= 4 is 5.97 Å². The van der Waals surface area contributed by atoms with E-state index in [0.717, 1.165) is 32.2 Å². The van der Waals surface area contributed by atoms with Gasteiger partial charge in [0, 0.05) is 12.6 Å². The van der Waals surface area contributed by atoms with Gasteiger partial charge in [-0.3, -0.25) is 4.79 Å². The van der Waals surface area contributed by atoms with E-state index in [1.54, 1.807) is 0 Å². The first-order valence-corrected chi connectivity index (χ1v) is 8.31. The number of carboxylic acid groups (broad SMARTS) is 1. The van der Waals surface area contributed by atoms with E-state index in [4.69, 9.17) is 9.84 Å². The topological polar surface area (TPSA) is 58.6 Å². The van der Waals surface area contributed by atoms with Gasteiger partial charge in [0.15, 0.2) is 0 Å². The molecule has 2 N–H and O–H groups in total. The summed E-state index contributed by atoms with van der Waals surface area (Å²) in [5.74, 6) is -0.733. The van der Waals surface area contributed by atoms with Gasteiger partial charge in [0.2, 0.25) is 0 Å². The van der Waals surface area contributed by atoms with Crippen LogP contribution >= 0.6 is 0 Å². The maximum Gasteiger partial charge on any atom is 0.306 e. The summed E-state index contributed by atoms with van der Waals surface area (Å²) in [6.45, 7) is 0.949. The maximum atomic E-state index is 10.9. The van der Waals surface area contributed by atoms with E-state index >= 15 is 0 Å². The van der Waals surface area contributed by atoms with Crippen molar-refractivity contribution in [2.45, 2.75) is 82.0 Å². The first-order valence-electron chi connectivity index (χ1n) is 8.31. The van der Waals surface area contributed by atoms with Crippen LogP contribution in [-0.4, -0.2) is 35.4 Å². The van der Waals surface area contributed by atoms with Gasteiger partial charge in [-0.2, -0.15) is 0 Å². The quantitative estimate of drug-likeness (QED) is 0.832. The van der Waals surface area contributed by atoms with Gasteiger partial charge in [-0.05, 0) is 51.4 Å². The molecule has 0 aromatic heterocycles. The lowest BCUT2D eigenvalue weighted by Gasteiger charge is -2.29. The molecule has 0 bridgehead atoms. The molecule has 0 aromatic rings. The summed E-state index contributed by atoms with van der Waals surface area (Å²) in [6, 6.07) is 0.495. The van der Waals surface area contributed by atoms with Gasteiger partial charge in [-0.15, -0.1) is 0 Å². The molecule has 4 heteroatoms. The van der Waals surface area contributed by atoms with Crippen molar-refractivity contribution in [3.63, 3.8) is 0 Å². The molecule has 3 fully saturated rings. The summed E-state index contributed by atoms with van der Waals surface area (Å²) >= 11 is 0. The lowest BCUT2D eigenvalue weighted by atomic mass is 9.86. The normalized spacial score (nSPS) is 36.5. The van der Waals surface area contributed by atoms with Gasteiger partial charge < -0.3 is 15.2 Å². The standard InChI is InChI=1S/C16H27NO3/c18-15(19)12-3-5-13(6-4-12)17-11-14-7-10-16(20-14)8-1-2-9-16/h12-14,17H,1-11H2,(H,18,19). The molecule has 2 saturated carbocycles. The van der Waals surface area contributed by atoms with Crippen LogP contribution in [0.1, 0.15) is 64.2 Å². The van der Waals surface area contributed by atoms with Gasteiger partial charge in [0.05, 0.1) is 17.6 Å². The second-order valence-corrected chi connectivity index (χ2v) is 6.96. The number of hydrogen-bond donors (Lipinski definition) is 2. The fraction of sp³-hybridized carbons (Fsp3) is 0.938. The third kappa shape index (κ3) is 3.17. The Hall–Kier alpha value is -0.610. The largest absolute Gasteiger partial charge is 0.481 e. The Morgan fingerprint density at radius 2 is 1.80 bits per heavy atom. The molecule has 1 heterocycles. The van der Waals surface area contributed by atoms with Crippen LogP contribution in [0, 0.1) is 5.92 Å². The second-order valence-electron chi connectivity index (χ2n) is 6.96. The Morgan fingerprint density at radius 3 is 2.45 bits per heavy atom. The van der Waals surface area contributed by atoms with Gasteiger partial charge in [0.25, 0.3) is 0 Å². The Balaban J connectivity index is 1.37. The van der Waals surface area contributed by atoms with Gasteiger partial charge in [0.1, 0.15) is 0 Å². The zero-order valence-electron chi connectivity index (χ0n) is 12.3. The molecule has 3 aliphatic rings. The molecule has 20 heavy (non-hydrogen) atoms. The number of aliphatic carboxylic acids is 1. The summed E-state index contributed by atoms with van der Waals surface area (Å²) in [6.07, 6.45) is 11.6. The number of nitrogens with one attached hydrogen (secondary N) is 1. The van der Waals surface area contributed by atoms with Crippen LogP contribution in [0.15, 0.2) is 0 Å². The van der Waals surface area contributed by atoms with E-state index in [9.17, 15) is 4.79 Å². The van der Waals surface area contributed by atoms with Crippen molar-refractivity contribution < 1.29 is 14.6 Å². The van der Waals surface area contributed by atoms with E-state index in [1.165, 1.54) is 38.5 Å². The molecule has 0 radical (unpaired) electrons. The second kappa shape index (κ2) is 6.02. The van der Waals surface area contributed by atoms with Crippen molar-refractivity contribution in [1.29, 1.82) is 0 Å². The van der Waals surface area contributed by atoms with E-state index < -0.39 is 5.97 Å². The van der Waals surface area contributed by atoms with Crippen LogP contribution in [-0.2, 0) is 9.53 Å². The Kier molecular flexibility index (Phi) is 4.32. The van der Waals surface area contributed by atoms with Crippen LogP contribution in [0.3, 0.4) is 0 Å². The lowest BCUT2D eigenvalue weighted by molar-refractivity contribution is -0.142. The smallest absolute Gasteiger partial charge is 0.306 e. The minimum atomic E-state index is -0.620. The summed E-state index contributed by atoms with van der Waals surface area (Å²) < 4.78 is 6.30. The minimum Gasteiger partial charge on any atom is -0.481 e. The molecular formula is C16H27NO3. The van der Waals surface area contributed by atoms with E-state index in [0.29, 0.717) is 12.1 Å². The van der Waals surface area contributed by atoms with E-state index in [2.05, 4.69) is 5.32 Å². The molecule has 1 spiro atoms. The van der Waals surface area contributed by atoms with Crippen molar-refractivity contribution in [2.24, 2.45) is 5.92 Å². The van der Waals surface area contributed by atoms with Crippen molar-refractivity contribution in [2.75, 3.05) is 6.54 Å². The molecular weight excluding hydrogens is 254 g/mol. The highest BCUT2D eigenvalue weighted by atomic mass is 16.5. The monoisotopic (exact) mass is 281 g/mol. The van der Waals surface area contributed by atoms with E-state index in [1.807, 2.05) is 0 Å². The highest BCUT2D eigenvalue weighted by Gasteiger charge is 2.42. The molecule has 0 amide bonds. The van der Waals surface area contributed by atoms with Crippen LogP contribution in [0.5, 0.6) is 0 Å². The van der Waals surface area contributed by atoms with E-state index in [-0.39, 0.29) is 11.5 Å². The summed E-state index contributed by atoms with van der Waals surface area (Å²) in [5.41, 5.74) is 0.229. The van der Waals surface area contributed by atoms with Gasteiger partial charge >= 0.3 is 5.97 Å². The Bertz CT molecular complexity index is 344. The zero-order chi connectivity index (χ0) is 14.0. The van der Waals surface area contributed by atoms with Crippen molar-refractivity contribution in [3.8, 4) is 0 Å². The lowest BCUT2D eigenvalue weighted by Crippen LogP contribution is -2.39. The molecule has 4 nitrogen and oxygen atoms in total. The predicted octanol–water partition coefficient (Wildman–Crippen LogP) is 2.71. The van der Waals surface area contributed by atoms with Crippen LogP contribution in [0.25, 0.3) is 0 Å². The number of hydrogen-bond acceptors (Lipinski definition) is 3. The van der Waals surface area contributed by atoms with Crippen molar-refractivity contribution in [1.82, 2.24) is 5.32 Å². The third-order valence-electron chi connectivity index (χ3n) is 5.56.